The number of carbonyl (C=O) groups is 3. The average Bonchev–Trinajstić information content (AvgIpc) is 3.54. The molecule has 3 aliphatic carbocycles. The van der Waals surface area contributed by atoms with Crippen LogP contribution < -0.4 is 14.8 Å². The molecular formula is C45H57NO11. The highest BCUT2D eigenvalue weighted by Crippen LogP contribution is 2.61. The maximum atomic E-state index is 12.2. The Bertz CT molecular complexity index is 1750. The summed E-state index contributed by atoms with van der Waals surface area (Å²) in [5, 5.41) is 12.0. The molecule has 1 amide bonds. The smallest absolute Gasteiger partial charge is 0.408 e. The molecule has 3 aromatic rings. The second-order valence-corrected chi connectivity index (χ2v) is 15.5. The van der Waals surface area contributed by atoms with Crippen LogP contribution >= 0.6 is 0 Å². The van der Waals surface area contributed by atoms with Gasteiger partial charge in [-0.15, -0.1) is 0 Å². The van der Waals surface area contributed by atoms with E-state index >= 15 is 0 Å². The van der Waals surface area contributed by atoms with Crippen LogP contribution in [0.5, 0.6) is 11.5 Å². The summed E-state index contributed by atoms with van der Waals surface area (Å²) in [7, 11) is 0. The highest BCUT2D eigenvalue weighted by atomic mass is 16.6. The summed E-state index contributed by atoms with van der Waals surface area (Å²) in [5.41, 5.74) is 4.52. The monoisotopic (exact) mass is 787 g/mol. The van der Waals surface area contributed by atoms with E-state index in [1.54, 1.807) is 24.3 Å². The Hall–Kier alpha value is -4.65. The molecule has 57 heavy (non-hydrogen) atoms. The summed E-state index contributed by atoms with van der Waals surface area (Å²) in [5.74, 6) is 2.05. The predicted molar refractivity (Wildman–Crippen MR) is 211 cm³/mol. The maximum absolute atomic E-state index is 12.2. The fraction of sp³-hybridized carbons (Fsp3) is 0.533. The van der Waals surface area contributed by atoms with Crippen molar-refractivity contribution in [3.05, 3.63) is 95.1 Å². The van der Waals surface area contributed by atoms with E-state index in [1.165, 1.54) is 24.5 Å². The SMILES string of the molecule is CC(=O)O[C@@H]1CC[C@@H]2[C@H]3CCc4cc(OCCOCCOCCOCCOc5ccc(C[C@H](NC(=O)OCc6ccccc6)C(=O)O)cc5)ccc4[C@@H]3CC[C@]21C. The zero-order valence-corrected chi connectivity index (χ0v) is 33.2. The van der Waals surface area contributed by atoms with Crippen molar-refractivity contribution in [3.63, 3.8) is 0 Å². The molecule has 0 heterocycles. The molecule has 6 atom stereocenters. The van der Waals surface area contributed by atoms with Gasteiger partial charge in [0.1, 0.15) is 43.5 Å². The minimum absolute atomic E-state index is 0.0530. The van der Waals surface area contributed by atoms with E-state index in [2.05, 4.69) is 30.4 Å². The van der Waals surface area contributed by atoms with Crippen LogP contribution in [0, 0.1) is 17.3 Å². The minimum atomic E-state index is -1.15. The molecule has 12 heteroatoms. The normalized spacial score (nSPS) is 22.6. The summed E-state index contributed by atoms with van der Waals surface area (Å²) in [6.07, 6.45) is 6.01. The number of hydrogen-bond acceptors (Lipinski definition) is 10. The third-order valence-corrected chi connectivity index (χ3v) is 11.8. The van der Waals surface area contributed by atoms with Crippen LogP contribution in [0.2, 0.25) is 0 Å². The number of aryl methyl sites for hydroxylation is 1. The Kier molecular flexibility index (Phi) is 15.2. The van der Waals surface area contributed by atoms with Gasteiger partial charge in [-0.25, -0.2) is 9.59 Å². The summed E-state index contributed by atoms with van der Waals surface area (Å²) >= 11 is 0. The Labute approximate surface area is 335 Å². The van der Waals surface area contributed by atoms with Gasteiger partial charge in [-0.1, -0.05) is 55.5 Å². The van der Waals surface area contributed by atoms with Crippen LogP contribution in [-0.4, -0.2) is 88.1 Å². The zero-order valence-electron chi connectivity index (χ0n) is 33.2. The van der Waals surface area contributed by atoms with Crippen LogP contribution in [0.3, 0.4) is 0 Å². The van der Waals surface area contributed by atoms with Crippen molar-refractivity contribution in [2.45, 2.75) is 83.5 Å². The number of hydrogen-bond donors (Lipinski definition) is 2. The van der Waals surface area contributed by atoms with Gasteiger partial charge in [-0.3, -0.25) is 4.79 Å². The third kappa shape index (κ3) is 11.7. The first-order valence-corrected chi connectivity index (χ1v) is 20.3. The van der Waals surface area contributed by atoms with Gasteiger partial charge in [0.05, 0.1) is 39.6 Å². The number of alkyl carbamates (subject to hydrolysis) is 1. The van der Waals surface area contributed by atoms with E-state index in [1.807, 2.05) is 30.3 Å². The van der Waals surface area contributed by atoms with Gasteiger partial charge in [0.15, 0.2) is 0 Å². The molecular weight excluding hydrogens is 730 g/mol. The Balaban J connectivity index is 0.773. The van der Waals surface area contributed by atoms with Crippen molar-refractivity contribution in [2.75, 3.05) is 52.9 Å². The van der Waals surface area contributed by atoms with Crippen LogP contribution in [-0.2, 0) is 52.7 Å². The molecule has 308 valence electrons. The standard InChI is InChI=1S/C45H57NO11/c1-31(47)57-42-17-16-40-39-14-10-34-29-36(13-15-37(34)38(39)18-19-45(40,42)2)55-27-25-53-23-21-51-20-22-52-24-26-54-35-11-8-32(9-12-35)28-41(43(48)49)46-44(50)56-30-33-6-4-3-5-7-33/h3-9,11-13,15,29,38-42H,10,14,16-28,30H2,1-2H3,(H,46,50)(H,48,49)/t38-,39-,40+,41-,42+,45+/m0/s1. The lowest BCUT2D eigenvalue weighted by atomic mass is 9.55. The lowest BCUT2D eigenvalue weighted by Crippen LogP contribution is -2.45. The third-order valence-electron chi connectivity index (χ3n) is 11.8. The number of carboxylic acids is 1. The number of carbonyl (C=O) groups excluding carboxylic acids is 2. The quantitative estimate of drug-likeness (QED) is 0.0858. The molecule has 3 aromatic carbocycles. The average molecular weight is 788 g/mol. The Morgan fingerprint density at radius 2 is 1.42 bits per heavy atom. The van der Waals surface area contributed by atoms with Gasteiger partial charge in [-0.2, -0.15) is 0 Å². The number of rotatable bonds is 21. The summed E-state index contributed by atoms with van der Waals surface area (Å²) in [4.78, 5) is 35.6. The summed E-state index contributed by atoms with van der Waals surface area (Å²) < 4.78 is 39.6. The van der Waals surface area contributed by atoms with E-state index in [4.69, 9.17) is 33.2 Å². The number of esters is 1. The molecule has 0 radical (unpaired) electrons. The lowest BCUT2D eigenvalue weighted by Gasteiger charge is -2.50. The first-order chi connectivity index (χ1) is 27.7. The molecule has 0 aliphatic heterocycles. The Morgan fingerprint density at radius 1 is 0.772 bits per heavy atom. The van der Waals surface area contributed by atoms with Crippen molar-refractivity contribution in [3.8, 4) is 11.5 Å². The van der Waals surface area contributed by atoms with Crippen LogP contribution in [0.25, 0.3) is 0 Å². The van der Waals surface area contributed by atoms with Crippen molar-refractivity contribution < 1.29 is 52.6 Å². The van der Waals surface area contributed by atoms with Crippen LogP contribution in [0.4, 0.5) is 4.79 Å². The van der Waals surface area contributed by atoms with E-state index in [9.17, 15) is 19.5 Å². The molecule has 2 fully saturated rings. The number of carboxylic acid groups (broad SMARTS) is 1. The number of ether oxygens (including phenoxy) is 7. The van der Waals surface area contributed by atoms with Gasteiger partial charge < -0.3 is 43.6 Å². The highest BCUT2D eigenvalue weighted by Gasteiger charge is 2.56. The summed E-state index contributed by atoms with van der Waals surface area (Å²) in [6, 6.07) is 21.7. The maximum Gasteiger partial charge on any atom is 0.408 e. The second-order valence-electron chi connectivity index (χ2n) is 15.5. The predicted octanol–water partition coefficient (Wildman–Crippen LogP) is 6.90. The molecule has 0 spiro atoms. The van der Waals surface area contributed by atoms with Gasteiger partial charge in [0, 0.05) is 18.8 Å². The van der Waals surface area contributed by atoms with Crippen molar-refractivity contribution in [2.24, 2.45) is 17.3 Å². The first-order valence-electron chi connectivity index (χ1n) is 20.3. The van der Waals surface area contributed by atoms with Crippen LogP contribution in [0.1, 0.15) is 74.1 Å². The van der Waals surface area contributed by atoms with Crippen molar-refractivity contribution >= 4 is 18.0 Å². The van der Waals surface area contributed by atoms with E-state index < -0.39 is 18.1 Å². The molecule has 2 N–H and O–H groups in total. The number of amides is 1. The van der Waals surface area contributed by atoms with Gasteiger partial charge in [0.2, 0.25) is 0 Å². The molecule has 2 saturated carbocycles. The first kappa shape index (κ1) is 42.0. The van der Waals surface area contributed by atoms with Gasteiger partial charge in [0.25, 0.3) is 0 Å². The topological polar surface area (TPSA) is 148 Å². The molecule has 12 nitrogen and oxygen atoms in total. The number of aliphatic carboxylic acids is 1. The van der Waals surface area contributed by atoms with Gasteiger partial charge >= 0.3 is 18.0 Å². The van der Waals surface area contributed by atoms with E-state index in [0.717, 1.165) is 49.0 Å². The lowest BCUT2D eigenvalue weighted by molar-refractivity contribution is -0.154. The molecule has 0 unspecified atom stereocenters. The zero-order chi connectivity index (χ0) is 40.0. The molecule has 0 bridgehead atoms. The van der Waals surface area contributed by atoms with E-state index in [-0.39, 0.29) is 30.5 Å². The van der Waals surface area contributed by atoms with Crippen molar-refractivity contribution in [1.82, 2.24) is 5.32 Å². The van der Waals surface area contributed by atoms with Crippen LogP contribution in [0.15, 0.2) is 72.8 Å². The van der Waals surface area contributed by atoms with Crippen molar-refractivity contribution in [1.29, 1.82) is 0 Å². The number of nitrogens with one attached hydrogen (secondary N) is 1. The molecule has 3 aliphatic rings. The fourth-order valence-electron chi connectivity index (χ4n) is 9.04. The Morgan fingerprint density at radius 3 is 2.09 bits per heavy atom. The highest BCUT2D eigenvalue weighted by molar-refractivity contribution is 5.80. The minimum Gasteiger partial charge on any atom is -0.491 e. The summed E-state index contributed by atoms with van der Waals surface area (Å²) in [6.45, 7) is 7.42. The largest absolute Gasteiger partial charge is 0.491 e. The second kappa shape index (κ2) is 20.7. The number of fused-ring (bicyclic) bond motifs is 5. The number of benzene rings is 3. The van der Waals surface area contributed by atoms with E-state index in [0.29, 0.717) is 76.4 Å². The molecule has 0 aromatic heterocycles. The molecule has 0 saturated heterocycles. The molecule has 6 rings (SSSR count). The fourth-order valence-corrected chi connectivity index (χ4v) is 9.04. The van der Waals surface area contributed by atoms with Gasteiger partial charge in [-0.05, 0) is 103 Å².